The lowest BCUT2D eigenvalue weighted by molar-refractivity contribution is -0.148. The number of nitrogens with zero attached hydrogens (tertiary/aromatic N) is 1. The zero-order valence-electron chi connectivity index (χ0n) is 21.4. The van der Waals surface area contributed by atoms with Gasteiger partial charge in [0.25, 0.3) is 0 Å². The lowest BCUT2D eigenvalue weighted by Gasteiger charge is -2.30. The van der Waals surface area contributed by atoms with E-state index < -0.39 is 12.1 Å². The van der Waals surface area contributed by atoms with Gasteiger partial charge in [-0.1, -0.05) is 74.8 Å². The number of carbonyl (C=O) groups is 3. The van der Waals surface area contributed by atoms with E-state index in [-0.39, 0.29) is 28.8 Å². The number of carbonyl (C=O) groups excluding carboxylic acids is 2. The number of rotatable bonds is 5. The number of hydrogen-bond donors (Lipinski definition) is 2. The molecule has 8 heteroatoms. The zero-order chi connectivity index (χ0) is 27.3. The number of aliphatic hydroxyl groups is 1. The summed E-state index contributed by atoms with van der Waals surface area (Å²) in [6, 6.07) is 20.8. The van der Waals surface area contributed by atoms with Crippen molar-refractivity contribution < 1.29 is 24.6 Å². The average molecular weight is 542 g/mol. The summed E-state index contributed by atoms with van der Waals surface area (Å²) in [6.45, 7) is 8.40. The number of aliphatic carboxylic acids is 1. The van der Waals surface area contributed by atoms with Crippen molar-refractivity contribution in [1.29, 1.82) is 0 Å². The number of thioether (sulfide) groups is 1. The molecule has 0 bridgehead atoms. The Morgan fingerprint density at radius 1 is 1.08 bits per heavy atom. The minimum absolute atomic E-state index is 0.0104. The number of amides is 1. The minimum Gasteiger partial charge on any atom is -0.479 e. The van der Waals surface area contributed by atoms with Crippen molar-refractivity contribution in [2.75, 3.05) is 17.2 Å². The van der Waals surface area contributed by atoms with Crippen molar-refractivity contribution >= 4 is 57.5 Å². The van der Waals surface area contributed by atoms with Crippen LogP contribution < -0.4 is 4.90 Å². The van der Waals surface area contributed by atoms with Crippen LogP contribution in [0, 0.1) is 5.41 Å². The Kier molecular flexibility index (Phi) is 9.40. The van der Waals surface area contributed by atoms with Crippen molar-refractivity contribution in [3.63, 3.8) is 0 Å². The molecule has 2 atom stereocenters. The molecule has 0 radical (unpaired) electrons. The van der Waals surface area contributed by atoms with Crippen LogP contribution in [-0.2, 0) is 14.4 Å². The van der Waals surface area contributed by atoms with Crippen LogP contribution in [0.5, 0.6) is 0 Å². The van der Waals surface area contributed by atoms with Gasteiger partial charge in [0.2, 0.25) is 5.91 Å². The van der Waals surface area contributed by atoms with Crippen LogP contribution in [0.3, 0.4) is 0 Å². The van der Waals surface area contributed by atoms with Gasteiger partial charge in [-0.2, -0.15) is 0 Å². The summed E-state index contributed by atoms with van der Waals surface area (Å²) in [6.07, 6.45) is -1.85. The van der Waals surface area contributed by atoms with Gasteiger partial charge in [-0.15, -0.1) is 11.8 Å². The van der Waals surface area contributed by atoms with Crippen LogP contribution in [0.15, 0.2) is 60.7 Å². The lowest BCUT2D eigenvalue weighted by atomic mass is 9.93. The Hall–Kier alpha value is -2.87. The molecule has 0 aromatic heterocycles. The molecule has 1 heterocycles. The van der Waals surface area contributed by atoms with Crippen LogP contribution >= 0.6 is 23.4 Å². The molecule has 0 spiro atoms. The number of fused-ring (bicyclic) bond motifs is 2. The van der Waals surface area contributed by atoms with Gasteiger partial charge in [0.15, 0.2) is 6.10 Å². The fourth-order valence-corrected chi connectivity index (χ4v) is 5.58. The van der Waals surface area contributed by atoms with E-state index in [1.807, 2.05) is 23.1 Å². The molecule has 37 heavy (non-hydrogen) atoms. The highest BCUT2D eigenvalue weighted by Gasteiger charge is 2.32. The third-order valence-corrected chi connectivity index (χ3v) is 7.23. The first-order chi connectivity index (χ1) is 17.4. The van der Waals surface area contributed by atoms with Gasteiger partial charge in [-0.25, -0.2) is 4.79 Å². The molecule has 1 aliphatic rings. The topological polar surface area (TPSA) is 94.9 Å². The van der Waals surface area contributed by atoms with E-state index in [2.05, 4.69) is 63.2 Å². The quantitative estimate of drug-likeness (QED) is 0.404. The number of benzene rings is 3. The molecule has 6 nitrogen and oxygen atoms in total. The van der Waals surface area contributed by atoms with Crippen LogP contribution in [0.25, 0.3) is 10.8 Å². The third-order valence-electron chi connectivity index (χ3n) is 5.74. The van der Waals surface area contributed by atoms with Crippen molar-refractivity contribution in [3.05, 3.63) is 76.8 Å². The summed E-state index contributed by atoms with van der Waals surface area (Å²) >= 11 is 8.10. The number of anilines is 1. The van der Waals surface area contributed by atoms with Gasteiger partial charge in [0.05, 0.1) is 11.0 Å². The van der Waals surface area contributed by atoms with Crippen LogP contribution in [0.1, 0.15) is 50.5 Å². The van der Waals surface area contributed by atoms with E-state index in [1.165, 1.54) is 23.3 Å². The van der Waals surface area contributed by atoms with Crippen LogP contribution in [0.2, 0.25) is 5.02 Å². The maximum absolute atomic E-state index is 13.1. The molecular weight excluding hydrogens is 510 g/mol. The first-order valence-electron chi connectivity index (χ1n) is 12.0. The molecule has 0 fully saturated rings. The molecule has 0 aliphatic carbocycles. The third kappa shape index (κ3) is 7.57. The highest BCUT2D eigenvalue weighted by molar-refractivity contribution is 8.00. The summed E-state index contributed by atoms with van der Waals surface area (Å²) in [7, 11) is 0. The van der Waals surface area contributed by atoms with Crippen molar-refractivity contribution in [2.45, 2.75) is 45.5 Å². The van der Waals surface area contributed by atoms with Crippen molar-refractivity contribution in [1.82, 2.24) is 0 Å². The maximum atomic E-state index is 13.1. The smallest absolute Gasteiger partial charge is 0.332 e. The zero-order valence-corrected chi connectivity index (χ0v) is 23.0. The molecule has 1 aliphatic heterocycles. The van der Waals surface area contributed by atoms with E-state index in [0.29, 0.717) is 17.3 Å². The summed E-state index contributed by atoms with van der Waals surface area (Å²) in [4.78, 5) is 35.0. The summed E-state index contributed by atoms with van der Waals surface area (Å²) in [5.74, 6) is -1.07. The fourth-order valence-electron chi connectivity index (χ4n) is 4.18. The number of ketones is 1. The number of carboxylic acid groups (broad SMARTS) is 1. The molecule has 3 aromatic rings. The predicted molar refractivity (Wildman–Crippen MR) is 150 cm³/mol. The first-order valence-corrected chi connectivity index (χ1v) is 13.4. The van der Waals surface area contributed by atoms with E-state index in [0.717, 1.165) is 11.3 Å². The molecule has 2 N–H and O–H groups in total. The molecular formula is C29H32ClNO5S. The van der Waals surface area contributed by atoms with Crippen LogP contribution in [-0.4, -0.2) is 46.3 Å². The van der Waals surface area contributed by atoms with Crippen molar-refractivity contribution in [3.8, 4) is 0 Å². The largest absolute Gasteiger partial charge is 0.479 e. The Labute approximate surface area is 226 Å². The Morgan fingerprint density at radius 2 is 1.76 bits per heavy atom. The standard InChI is InChI=1S/C24H24ClNOS.C5H8O4/c1-24(2,3)15-26-21-12-11-17(25)13-20(21)23(28-14-22(26)27)19-10-6-8-16-7-4-5-9-18(16)19;1-3(6)2-4(7)5(8)9/h4-13,23H,14-15H2,1-3H3;4,7H,2H2,1H3,(H,8,9)/t;4-/m.0/s1. The van der Waals surface area contributed by atoms with Gasteiger partial charge in [-0.05, 0) is 52.4 Å². The second-order valence-electron chi connectivity index (χ2n) is 10.3. The maximum Gasteiger partial charge on any atom is 0.332 e. The van der Waals surface area contributed by atoms with E-state index in [1.54, 1.807) is 11.8 Å². The monoisotopic (exact) mass is 541 g/mol. The Bertz CT molecular complexity index is 1300. The van der Waals surface area contributed by atoms with Gasteiger partial charge in [0, 0.05) is 23.7 Å². The molecule has 3 aromatic carbocycles. The number of Topliss-reactive ketones (excluding diaryl/α,β-unsaturated/α-hetero) is 1. The lowest BCUT2D eigenvalue weighted by Crippen LogP contribution is -2.38. The minimum atomic E-state index is -1.54. The number of aliphatic hydroxyl groups excluding tert-OH is 1. The van der Waals surface area contributed by atoms with Gasteiger partial charge < -0.3 is 15.1 Å². The number of hydrogen-bond acceptors (Lipinski definition) is 5. The van der Waals surface area contributed by atoms with E-state index in [4.69, 9.17) is 21.8 Å². The fraction of sp³-hybridized carbons (Fsp3) is 0.345. The molecule has 0 saturated carbocycles. The molecule has 1 unspecified atom stereocenters. The van der Waals surface area contributed by atoms with Crippen LogP contribution in [0.4, 0.5) is 5.69 Å². The highest BCUT2D eigenvalue weighted by atomic mass is 35.5. The number of carboxylic acids is 1. The molecule has 196 valence electrons. The second-order valence-corrected chi connectivity index (χ2v) is 11.8. The molecule has 4 rings (SSSR count). The second kappa shape index (κ2) is 12.1. The Balaban J connectivity index is 0.000000364. The van der Waals surface area contributed by atoms with Gasteiger partial charge in [0.1, 0.15) is 5.78 Å². The number of halogens is 1. The average Bonchev–Trinajstić information content (AvgIpc) is 2.94. The summed E-state index contributed by atoms with van der Waals surface area (Å²) in [5, 5.41) is 19.7. The van der Waals surface area contributed by atoms with E-state index in [9.17, 15) is 14.4 Å². The Morgan fingerprint density at radius 3 is 2.38 bits per heavy atom. The van der Waals surface area contributed by atoms with Gasteiger partial charge >= 0.3 is 5.97 Å². The molecule has 1 amide bonds. The summed E-state index contributed by atoms with van der Waals surface area (Å²) < 4.78 is 0. The van der Waals surface area contributed by atoms with Gasteiger partial charge in [-0.3, -0.25) is 9.59 Å². The normalized spacial score (nSPS) is 16.3. The summed E-state index contributed by atoms with van der Waals surface area (Å²) in [5.41, 5.74) is 3.34. The molecule has 0 saturated heterocycles. The first kappa shape index (κ1) is 28.7. The predicted octanol–water partition coefficient (Wildman–Crippen LogP) is 6.12. The SMILES string of the molecule is CC(=O)C[C@H](O)C(=O)O.CC(C)(C)CN1C(=O)CSC(c2cccc3ccccc23)c2cc(Cl)ccc21. The van der Waals surface area contributed by atoms with Crippen molar-refractivity contribution in [2.24, 2.45) is 5.41 Å². The van der Waals surface area contributed by atoms with E-state index >= 15 is 0 Å². The highest BCUT2D eigenvalue weighted by Crippen LogP contribution is 2.46.